The van der Waals surface area contributed by atoms with Crippen LogP contribution < -0.4 is 15.8 Å². The lowest BCUT2D eigenvalue weighted by molar-refractivity contribution is -0.153. The zero-order chi connectivity index (χ0) is 15.9. The molecular formula is C13H18ClF3N2O3. The van der Waals surface area contributed by atoms with Gasteiger partial charge in [0.2, 0.25) is 5.91 Å². The van der Waals surface area contributed by atoms with Crippen molar-refractivity contribution in [3.05, 3.63) is 24.3 Å². The number of hydrogen-bond donors (Lipinski definition) is 2. The number of benzene rings is 1. The minimum atomic E-state index is -4.45. The average Bonchev–Trinajstić information content (AvgIpc) is 2.43. The summed E-state index contributed by atoms with van der Waals surface area (Å²) in [5.41, 5.74) is 5.56. The van der Waals surface area contributed by atoms with Gasteiger partial charge in [0.15, 0.2) is 6.61 Å². The number of rotatable bonds is 7. The summed E-state index contributed by atoms with van der Waals surface area (Å²) in [6, 6.07) is 5.89. The second-order valence-corrected chi connectivity index (χ2v) is 4.25. The second kappa shape index (κ2) is 9.50. The molecule has 0 radical (unpaired) electrons. The Bertz CT molecular complexity index is 468. The van der Waals surface area contributed by atoms with Crippen molar-refractivity contribution >= 4 is 24.0 Å². The normalized spacial score (nSPS) is 12.2. The van der Waals surface area contributed by atoms with E-state index in [0.717, 1.165) is 0 Å². The molecule has 1 aromatic rings. The summed E-state index contributed by atoms with van der Waals surface area (Å²) in [7, 11) is 1.42. The number of methoxy groups -OCH3 is 1. The van der Waals surface area contributed by atoms with Crippen LogP contribution in [0, 0.1) is 0 Å². The third-order valence-corrected chi connectivity index (χ3v) is 2.56. The van der Waals surface area contributed by atoms with Gasteiger partial charge in [-0.15, -0.1) is 12.4 Å². The van der Waals surface area contributed by atoms with Crippen LogP contribution in [0.4, 0.5) is 18.9 Å². The van der Waals surface area contributed by atoms with Gasteiger partial charge in [-0.05, 0) is 12.1 Å². The van der Waals surface area contributed by atoms with E-state index in [4.69, 9.17) is 10.5 Å². The molecule has 9 heteroatoms. The Hall–Kier alpha value is -1.51. The zero-order valence-electron chi connectivity index (χ0n) is 11.9. The van der Waals surface area contributed by atoms with Crippen molar-refractivity contribution < 1.29 is 27.4 Å². The topological polar surface area (TPSA) is 73.6 Å². The lowest BCUT2D eigenvalue weighted by Gasteiger charge is -2.15. The summed E-state index contributed by atoms with van der Waals surface area (Å²) >= 11 is 0. The first-order chi connectivity index (χ1) is 9.85. The molecule has 0 aliphatic heterocycles. The van der Waals surface area contributed by atoms with Crippen LogP contribution in [-0.4, -0.2) is 38.4 Å². The summed E-state index contributed by atoms with van der Waals surface area (Å²) in [5.74, 6) is -0.472. The molecule has 1 amide bonds. The molecule has 0 aliphatic carbocycles. The van der Waals surface area contributed by atoms with Gasteiger partial charge in [0.25, 0.3) is 0 Å². The lowest BCUT2D eigenvalue weighted by atomic mass is 10.2. The molecule has 0 fully saturated rings. The van der Waals surface area contributed by atoms with Crippen molar-refractivity contribution in [2.45, 2.75) is 18.7 Å². The van der Waals surface area contributed by atoms with E-state index >= 15 is 0 Å². The van der Waals surface area contributed by atoms with Crippen LogP contribution >= 0.6 is 12.4 Å². The highest BCUT2D eigenvalue weighted by Gasteiger charge is 2.28. The van der Waals surface area contributed by atoms with Crippen molar-refractivity contribution in [2.75, 3.05) is 25.6 Å². The fraction of sp³-hybridized carbons (Fsp3) is 0.462. The number of nitrogens with one attached hydrogen (secondary N) is 1. The van der Waals surface area contributed by atoms with E-state index in [0.29, 0.717) is 0 Å². The molecule has 0 bridgehead atoms. The van der Waals surface area contributed by atoms with Crippen LogP contribution in [0.2, 0.25) is 0 Å². The molecule has 5 nitrogen and oxygen atoms in total. The summed E-state index contributed by atoms with van der Waals surface area (Å²) < 4.78 is 46.1. The third-order valence-electron chi connectivity index (χ3n) is 2.56. The number of para-hydroxylation sites is 2. The van der Waals surface area contributed by atoms with E-state index < -0.39 is 24.8 Å². The second-order valence-electron chi connectivity index (χ2n) is 4.25. The average molecular weight is 343 g/mol. The summed E-state index contributed by atoms with van der Waals surface area (Å²) in [5, 5.41) is 2.48. The predicted octanol–water partition coefficient (Wildman–Crippen LogP) is 2.35. The summed E-state index contributed by atoms with van der Waals surface area (Å²) in [6.45, 7) is -1.26. The van der Waals surface area contributed by atoms with Gasteiger partial charge >= 0.3 is 6.18 Å². The minimum absolute atomic E-state index is 0. The van der Waals surface area contributed by atoms with Crippen LogP contribution in [0.5, 0.6) is 5.75 Å². The fourth-order valence-electron chi connectivity index (χ4n) is 1.53. The van der Waals surface area contributed by atoms with Gasteiger partial charge < -0.3 is 20.5 Å². The SMILES string of the molecule is COC(CN)CC(=O)Nc1ccccc1OCC(F)(F)F.Cl. The first kappa shape index (κ1) is 20.5. The standard InChI is InChI=1S/C13H17F3N2O3.ClH/c1-20-9(7-17)6-12(19)18-10-4-2-3-5-11(10)21-8-13(14,15)16;/h2-5,9H,6-8,17H2,1H3,(H,18,19);1H. The van der Waals surface area contributed by atoms with E-state index in [2.05, 4.69) is 10.1 Å². The monoisotopic (exact) mass is 342 g/mol. The van der Waals surface area contributed by atoms with Crippen molar-refractivity contribution in [2.24, 2.45) is 5.73 Å². The fourth-order valence-corrected chi connectivity index (χ4v) is 1.53. The Morgan fingerprint density at radius 1 is 1.36 bits per heavy atom. The van der Waals surface area contributed by atoms with E-state index in [-0.39, 0.29) is 36.8 Å². The van der Waals surface area contributed by atoms with E-state index in [1.807, 2.05) is 0 Å². The summed E-state index contributed by atoms with van der Waals surface area (Å²) in [6.07, 6.45) is -4.90. The van der Waals surface area contributed by atoms with E-state index in [9.17, 15) is 18.0 Å². The molecule has 1 aromatic carbocycles. The van der Waals surface area contributed by atoms with Gasteiger partial charge in [0.1, 0.15) is 5.75 Å². The van der Waals surface area contributed by atoms with Gasteiger partial charge in [-0.2, -0.15) is 13.2 Å². The first-order valence-electron chi connectivity index (χ1n) is 6.17. The quantitative estimate of drug-likeness (QED) is 0.797. The molecule has 0 saturated carbocycles. The number of carbonyl (C=O) groups is 1. The molecule has 0 saturated heterocycles. The van der Waals surface area contributed by atoms with Crippen LogP contribution in [0.1, 0.15) is 6.42 Å². The first-order valence-corrected chi connectivity index (χ1v) is 6.17. The molecule has 1 atom stereocenters. The highest BCUT2D eigenvalue weighted by molar-refractivity contribution is 5.92. The Morgan fingerprint density at radius 2 is 2.00 bits per heavy atom. The minimum Gasteiger partial charge on any atom is -0.482 e. The van der Waals surface area contributed by atoms with E-state index in [1.165, 1.54) is 25.3 Å². The Kier molecular flexibility index (Phi) is 8.84. The van der Waals surface area contributed by atoms with Crippen molar-refractivity contribution in [3.8, 4) is 5.75 Å². The van der Waals surface area contributed by atoms with Crippen LogP contribution in [0.25, 0.3) is 0 Å². The number of halogens is 4. The Labute approximate surface area is 132 Å². The summed E-state index contributed by atoms with van der Waals surface area (Å²) in [4.78, 5) is 11.8. The van der Waals surface area contributed by atoms with Crippen molar-refractivity contribution in [3.63, 3.8) is 0 Å². The lowest BCUT2D eigenvalue weighted by Crippen LogP contribution is -2.28. The molecule has 22 heavy (non-hydrogen) atoms. The molecule has 0 aliphatic rings. The number of anilines is 1. The smallest absolute Gasteiger partial charge is 0.422 e. The third kappa shape index (κ3) is 7.48. The number of nitrogens with two attached hydrogens (primary N) is 1. The van der Waals surface area contributed by atoms with Gasteiger partial charge in [-0.25, -0.2) is 0 Å². The number of ether oxygens (including phenoxy) is 2. The number of alkyl halides is 3. The number of hydrogen-bond acceptors (Lipinski definition) is 4. The maximum absolute atomic E-state index is 12.2. The molecule has 0 spiro atoms. The molecule has 1 unspecified atom stereocenters. The van der Waals surface area contributed by atoms with Crippen LogP contribution in [-0.2, 0) is 9.53 Å². The Morgan fingerprint density at radius 3 is 2.55 bits per heavy atom. The molecule has 126 valence electrons. The van der Waals surface area contributed by atoms with E-state index in [1.54, 1.807) is 6.07 Å². The maximum atomic E-state index is 12.2. The van der Waals surface area contributed by atoms with Gasteiger partial charge in [0.05, 0.1) is 18.2 Å². The highest BCUT2D eigenvalue weighted by Crippen LogP contribution is 2.26. The van der Waals surface area contributed by atoms with Crippen LogP contribution in [0.3, 0.4) is 0 Å². The van der Waals surface area contributed by atoms with Crippen molar-refractivity contribution in [1.82, 2.24) is 0 Å². The molecule has 0 aromatic heterocycles. The molecule has 1 rings (SSSR count). The predicted molar refractivity (Wildman–Crippen MR) is 78.3 cm³/mol. The maximum Gasteiger partial charge on any atom is 0.422 e. The van der Waals surface area contributed by atoms with Crippen molar-refractivity contribution in [1.29, 1.82) is 0 Å². The van der Waals surface area contributed by atoms with Crippen LogP contribution in [0.15, 0.2) is 24.3 Å². The number of carbonyl (C=O) groups excluding carboxylic acids is 1. The molecular weight excluding hydrogens is 325 g/mol. The number of amides is 1. The highest BCUT2D eigenvalue weighted by atomic mass is 35.5. The van der Waals surface area contributed by atoms with Gasteiger partial charge in [-0.3, -0.25) is 4.79 Å². The largest absolute Gasteiger partial charge is 0.482 e. The van der Waals surface area contributed by atoms with Gasteiger partial charge in [0, 0.05) is 13.7 Å². The Balaban J connectivity index is 0.00000441. The van der Waals surface area contributed by atoms with Gasteiger partial charge in [-0.1, -0.05) is 12.1 Å². The zero-order valence-corrected chi connectivity index (χ0v) is 12.7. The molecule has 3 N–H and O–H groups in total. The molecule has 0 heterocycles.